The molecule has 0 amide bonds. The predicted octanol–water partition coefficient (Wildman–Crippen LogP) is 3.23. The van der Waals surface area contributed by atoms with Crippen LogP contribution in [0.2, 0.25) is 0 Å². The number of morpholine rings is 1. The maximum Gasteiger partial charge on any atom is 0.170 e. The van der Waals surface area contributed by atoms with Crippen molar-refractivity contribution in [1.82, 2.24) is 14.7 Å². The molecule has 0 spiro atoms. The van der Waals surface area contributed by atoms with Crippen molar-refractivity contribution < 1.29 is 19.0 Å². The van der Waals surface area contributed by atoms with Crippen LogP contribution in [0.15, 0.2) is 54.9 Å². The van der Waals surface area contributed by atoms with E-state index in [0.717, 1.165) is 55.3 Å². The van der Waals surface area contributed by atoms with Crippen molar-refractivity contribution in [2.75, 3.05) is 46.6 Å². The second-order valence-electron chi connectivity index (χ2n) is 7.86. The molecule has 1 aliphatic heterocycles. The first-order valence-electron chi connectivity index (χ1n) is 10.8. The minimum atomic E-state index is 0.0144. The first-order valence-corrected chi connectivity index (χ1v) is 10.8. The topological polar surface area (TPSA) is 65.8 Å². The van der Waals surface area contributed by atoms with Crippen LogP contribution in [-0.4, -0.2) is 67.0 Å². The van der Waals surface area contributed by atoms with Crippen LogP contribution in [0.4, 0.5) is 0 Å². The van der Waals surface area contributed by atoms with Crippen molar-refractivity contribution in [3.63, 3.8) is 0 Å². The fourth-order valence-corrected chi connectivity index (χ4v) is 3.77. The van der Waals surface area contributed by atoms with Gasteiger partial charge in [-0.25, -0.2) is 0 Å². The summed E-state index contributed by atoms with van der Waals surface area (Å²) in [6, 6.07) is 13.4. The van der Waals surface area contributed by atoms with E-state index in [1.165, 1.54) is 0 Å². The minimum absolute atomic E-state index is 0.0144. The number of hydrogen-bond donors (Lipinski definition) is 0. The van der Waals surface area contributed by atoms with Crippen LogP contribution >= 0.6 is 0 Å². The van der Waals surface area contributed by atoms with Gasteiger partial charge in [0.25, 0.3) is 0 Å². The van der Waals surface area contributed by atoms with E-state index in [4.69, 9.17) is 14.2 Å². The lowest BCUT2D eigenvalue weighted by molar-refractivity contribution is 0.0322. The number of carbonyl (C=O) groups excluding carboxylic acids is 1. The summed E-state index contributed by atoms with van der Waals surface area (Å²) in [6.45, 7) is 5.02. The van der Waals surface area contributed by atoms with E-state index in [9.17, 15) is 4.79 Å². The third-order valence-electron chi connectivity index (χ3n) is 5.61. The normalized spacial score (nSPS) is 14.3. The lowest BCUT2D eigenvalue weighted by Gasteiger charge is -2.26. The van der Waals surface area contributed by atoms with Crippen molar-refractivity contribution in [2.24, 2.45) is 7.05 Å². The molecule has 0 radical (unpaired) electrons. The van der Waals surface area contributed by atoms with Gasteiger partial charge in [0.2, 0.25) is 0 Å². The van der Waals surface area contributed by atoms with Gasteiger partial charge in [0, 0.05) is 44.9 Å². The van der Waals surface area contributed by atoms with E-state index < -0.39 is 0 Å². The molecule has 32 heavy (non-hydrogen) atoms. The molecule has 0 unspecified atom stereocenters. The van der Waals surface area contributed by atoms with Crippen molar-refractivity contribution in [3.8, 4) is 22.6 Å². The maximum atomic E-state index is 12.9. The van der Waals surface area contributed by atoms with Crippen molar-refractivity contribution in [2.45, 2.75) is 6.42 Å². The van der Waals surface area contributed by atoms with E-state index in [1.807, 2.05) is 55.7 Å². The smallest absolute Gasteiger partial charge is 0.170 e. The highest BCUT2D eigenvalue weighted by Crippen LogP contribution is 2.28. The first kappa shape index (κ1) is 22.0. The zero-order valence-corrected chi connectivity index (χ0v) is 18.6. The van der Waals surface area contributed by atoms with E-state index in [0.29, 0.717) is 24.3 Å². The molecule has 1 aromatic heterocycles. The van der Waals surface area contributed by atoms with Gasteiger partial charge in [0.05, 0.1) is 32.1 Å². The van der Waals surface area contributed by atoms with E-state index in [1.54, 1.807) is 18.0 Å². The zero-order chi connectivity index (χ0) is 22.3. The molecule has 1 aliphatic rings. The average molecular weight is 436 g/mol. The Labute approximate surface area is 188 Å². The second kappa shape index (κ2) is 10.4. The molecule has 0 saturated carbocycles. The molecule has 1 fully saturated rings. The Hall–Kier alpha value is -3.16. The van der Waals surface area contributed by atoms with Gasteiger partial charge in [-0.3, -0.25) is 14.4 Å². The second-order valence-corrected chi connectivity index (χ2v) is 7.86. The highest BCUT2D eigenvalue weighted by atomic mass is 16.5. The number of rotatable bonds is 9. The Morgan fingerprint density at radius 3 is 2.56 bits per heavy atom. The number of carbonyl (C=O) groups is 1. The molecular weight excluding hydrogens is 406 g/mol. The van der Waals surface area contributed by atoms with Gasteiger partial charge >= 0.3 is 0 Å². The van der Waals surface area contributed by atoms with E-state index in [-0.39, 0.29) is 5.78 Å². The van der Waals surface area contributed by atoms with E-state index >= 15 is 0 Å². The largest absolute Gasteiger partial charge is 0.496 e. The summed E-state index contributed by atoms with van der Waals surface area (Å²) < 4.78 is 18.5. The molecule has 0 atom stereocenters. The number of ether oxygens (including phenoxy) is 3. The number of nitrogens with zero attached hydrogens (tertiary/aromatic N) is 3. The summed E-state index contributed by atoms with van der Waals surface area (Å²) >= 11 is 0. The molecule has 2 heterocycles. The lowest BCUT2D eigenvalue weighted by Crippen LogP contribution is -2.38. The Morgan fingerprint density at radius 1 is 1.09 bits per heavy atom. The van der Waals surface area contributed by atoms with Gasteiger partial charge in [-0.2, -0.15) is 5.10 Å². The van der Waals surface area contributed by atoms with Gasteiger partial charge in [-0.1, -0.05) is 18.2 Å². The fourth-order valence-electron chi connectivity index (χ4n) is 3.77. The highest BCUT2D eigenvalue weighted by molar-refractivity contribution is 6.00. The van der Waals surface area contributed by atoms with Crippen LogP contribution in [-0.2, 0) is 18.2 Å². The van der Waals surface area contributed by atoms with Crippen molar-refractivity contribution >= 4 is 5.78 Å². The van der Waals surface area contributed by atoms with Crippen LogP contribution in [0.1, 0.15) is 15.9 Å². The third kappa shape index (κ3) is 5.55. The Balaban J connectivity index is 1.34. The maximum absolute atomic E-state index is 12.9. The van der Waals surface area contributed by atoms with Crippen molar-refractivity contribution in [3.05, 3.63) is 66.0 Å². The monoisotopic (exact) mass is 435 g/mol. The number of aryl methyl sites for hydroxylation is 1. The molecule has 7 nitrogen and oxygen atoms in total. The molecular formula is C25H29N3O4. The summed E-state index contributed by atoms with van der Waals surface area (Å²) in [4.78, 5) is 15.3. The fraction of sp³-hybridized carbons (Fsp3) is 0.360. The Bertz CT molecular complexity index is 1040. The SMILES string of the molecule is COc1cc(-c2cnn(C)c2)ccc1C(=O)Cc1ccc(OCCN2CCOCC2)cc1. The van der Waals surface area contributed by atoms with Crippen LogP contribution in [0.3, 0.4) is 0 Å². The lowest BCUT2D eigenvalue weighted by atomic mass is 9.99. The summed E-state index contributed by atoms with van der Waals surface area (Å²) in [5.41, 5.74) is 3.46. The van der Waals surface area contributed by atoms with Gasteiger partial charge < -0.3 is 14.2 Å². The average Bonchev–Trinajstić information content (AvgIpc) is 3.26. The quantitative estimate of drug-likeness (QED) is 0.481. The van der Waals surface area contributed by atoms with Crippen LogP contribution in [0.5, 0.6) is 11.5 Å². The number of hydrogen-bond acceptors (Lipinski definition) is 6. The molecule has 7 heteroatoms. The molecule has 0 aliphatic carbocycles. The standard InChI is InChI=1S/C25H29N3O4/c1-27-18-21(17-26-27)20-5-8-23(25(16-20)30-2)24(29)15-19-3-6-22(7-4-19)32-14-11-28-9-12-31-13-10-28/h3-8,16-18H,9-15H2,1-2H3. The summed E-state index contributed by atoms with van der Waals surface area (Å²) in [6.07, 6.45) is 4.03. The zero-order valence-electron chi connectivity index (χ0n) is 18.6. The number of ketones is 1. The molecule has 2 aromatic carbocycles. The predicted molar refractivity (Wildman–Crippen MR) is 122 cm³/mol. The minimum Gasteiger partial charge on any atom is -0.496 e. The molecule has 4 rings (SSSR count). The number of methoxy groups -OCH3 is 1. The number of benzene rings is 2. The van der Waals surface area contributed by atoms with E-state index in [2.05, 4.69) is 10.00 Å². The molecule has 3 aromatic rings. The highest BCUT2D eigenvalue weighted by Gasteiger charge is 2.15. The summed E-state index contributed by atoms with van der Waals surface area (Å²) in [5, 5.41) is 4.20. The Kier molecular flexibility index (Phi) is 7.19. The van der Waals surface area contributed by atoms with Crippen molar-refractivity contribution in [1.29, 1.82) is 0 Å². The number of Topliss-reactive ketones (excluding diaryl/α,β-unsaturated/α-hetero) is 1. The van der Waals surface area contributed by atoms with Gasteiger partial charge in [-0.15, -0.1) is 0 Å². The van der Waals surface area contributed by atoms with Gasteiger partial charge in [0.15, 0.2) is 5.78 Å². The molecule has 0 bridgehead atoms. The third-order valence-corrected chi connectivity index (χ3v) is 5.61. The number of aromatic nitrogens is 2. The molecule has 0 N–H and O–H groups in total. The van der Waals surface area contributed by atoms with Crippen LogP contribution < -0.4 is 9.47 Å². The van der Waals surface area contributed by atoms with Crippen LogP contribution in [0.25, 0.3) is 11.1 Å². The summed E-state index contributed by atoms with van der Waals surface area (Å²) in [7, 11) is 3.46. The van der Waals surface area contributed by atoms with Gasteiger partial charge in [0.1, 0.15) is 18.1 Å². The van der Waals surface area contributed by atoms with Crippen LogP contribution in [0, 0.1) is 0 Å². The Morgan fingerprint density at radius 2 is 1.88 bits per heavy atom. The van der Waals surface area contributed by atoms with Gasteiger partial charge in [-0.05, 0) is 35.4 Å². The first-order chi connectivity index (χ1) is 15.6. The molecule has 168 valence electrons. The summed E-state index contributed by atoms with van der Waals surface area (Å²) in [5.74, 6) is 1.40. The molecule has 1 saturated heterocycles.